The van der Waals surface area contributed by atoms with Crippen LogP contribution in [0.25, 0.3) is 0 Å². The van der Waals surface area contributed by atoms with Gasteiger partial charge in [0.15, 0.2) is 0 Å². The van der Waals surface area contributed by atoms with Crippen molar-refractivity contribution in [2.45, 2.75) is 38.6 Å². The number of carbonyl (C=O) groups is 1. The van der Waals surface area contributed by atoms with Crippen LogP contribution in [0.4, 0.5) is 0 Å². The van der Waals surface area contributed by atoms with Gasteiger partial charge in [-0.15, -0.1) is 0 Å². The Kier molecular flexibility index (Phi) is 3.78. The van der Waals surface area contributed by atoms with Crippen molar-refractivity contribution in [3.63, 3.8) is 0 Å². The molecule has 2 rings (SSSR count). The number of amides is 1. The summed E-state index contributed by atoms with van der Waals surface area (Å²) in [7, 11) is 0. The number of aryl methyl sites for hydroxylation is 1. The molecule has 1 unspecified atom stereocenters. The summed E-state index contributed by atoms with van der Waals surface area (Å²) in [6.45, 7) is 3.36. The summed E-state index contributed by atoms with van der Waals surface area (Å²) < 4.78 is 0. The maximum absolute atomic E-state index is 12.3. The van der Waals surface area contributed by atoms with Gasteiger partial charge in [-0.1, -0.05) is 0 Å². The van der Waals surface area contributed by atoms with Gasteiger partial charge in [0, 0.05) is 18.3 Å². The minimum absolute atomic E-state index is 0.0347. The lowest BCUT2D eigenvalue weighted by molar-refractivity contribution is 0.0599. The molecule has 1 aliphatic rings. The van der Waals surface area contributed by atoms with Crippen molar-refractivity contribution < 1.29 is 4.79 Å². The van der Waals surface area contributed by atoms with Crippen molar-refractivity contribution in [3.05, 3.63) is 17.5 Å². The molecule has 1 amide bonds. The third-order valence-electron chi connectivity index (χ3n) is 3.31. The minimum Gasteiger partial charge on any atom is -0.334 e. The Bertz CT molecular complexity index is 386. The molecule has 1 fully saturated rings. The quantitative estimate of drug-likeness (QED) is 0.824. The summed E-state index contributed by atoms with van der Waals surface area (Å²) in [4.78, 5) is 14.2. The Morgan fingerprint density at radius 3 is 3.12 bits per heavy atom. The number of piperidine rings is 1. The van der Waals surface area contributed by atoms with E-state index in [1.54, 1.807) is 6.07 Å². The molecule has 1 aromatic rings. The van der Waals surface area contributed by atoms with Crippen molar-refractivity contribution >= 4 is 5.91 Å². The normalized spacial score (nSPS) is 20.6. The Labute approximate surface area is 101 Å². The monoisotopic (exact) mass is 236 g/mol. The van der Waals surface area contributed by atoms with E-state index in [0.29, 0.717) is 18.3 Å². The van der Waals surface area contributed by atoms with E-state index in [0.717, 1.165) is 31.5 Å². The molecule has 0 saturated carbocycles. The van der Waals surface area contributed by atoms with Gasteiger partial charge in [-0.25, -0.2) is 0 Å². The summed E-state index contributed by atoms with van der Waals surface area (Å²) >= 11 is 0. The van der Waals surface area contributed by atoms with E-state index < -0.39 is 0 Å². The van der Waals surface area contributed by atoms with Gasteiger partial charge in [-0.3, -0.25) is 9.89 Å². The van der Waals surface area contributed by atoms with E-state index >= 15 is 0 Å². The van der Waals surface area contributed by atoms with E-state index in [2.05, 4.69) is 10.2 Å². The molecular formula is C12H20N4O. The molecule has 0 radical (unpaired) electrons. The first-order valence-corrected chi connectivity index (χ1v) is 6.25. The van der Waals surface area contributed by atoms with Crippen LogP contribution in [0.5, 0.6) is 0 Å². The fraction of sp³-hybridized carbons (Fsp3) is 0.667. The lowest BCUT2D eigenvalue weighted by Gasteiger charge is -2.35. The Morgan fingerprint density at radius 1 is 1.65 bits per heavy atom. The highest BCUT2D eigenvalue weighted by Gasteiger charge is 2.27. The second-order valence-corrected chi connectivity index (χ2v) is 4.66. The number of likely N-dealkylation sites (tertiary alicyclic amines) is 1. The molecule has 0 spiro atoms. The van der Waals surface area contributed by atoms with Crippen LogP contribution in [0.3, 0.4) is 0 Å². The summed E-state index contributed by atoms with van der Waals surface area (Å²) in [5, 5.41) is 6.85. The highest BCUT2D eigenvalue weighted by atomic mass is 16.2. The number of H-pyrrole nitrogens is 1. The third-order valence-corrected chi connectivity index (χ3v) is 3.31. The van der Waals surface area contributed by atoms with E-state index in [1.807, 2.05) is 11.8 Å². The molecule has 1 aliphatic heterocycles. The molecule has 5 nitrogen and oxygen atoms in total. The molecule has 0 aromatic carbocycles. The molecule has 1 atom stereocenters. The predicted molar refractivity (Wildman–Crippen MR) is 65.7 cm³/mol. The fourth-order valence-electron chi connectivity index (χ4n) is 2.44. The molecule has 1 aromatic heterocycles. The van der Waals surface area contributed by atoms with Gasteiger partial charge in [-0.2, -0.15) is 5.10 Å². The first-order chi connectivity index (χ1) is 8.22. The lowest BCUT2D eigenvalue weighted by Crippen LogP contribution is -2.44. The zero-order valence-corrected chi connectivity index (χ0v) is 10.3. The van der Waals surface area contributed by atoms with Crippen LogP contribution in [0.1, 0.15) is 41.9 Å². The van der Waals surface area contributed by atoms with Crippen LogP contribution in [0, 0.1) is 6.92 Å². The van der Waals surface area contributed by atoms with Gasteiger partial charge >= 0.3 is 0 Å². The average Bonchev–Trinajstić information content (AvgIpc) is 2.76. The number of carbonyl (C=O) groups excluding carboxylic acids is 1. The second kappa shape index (κ2) is 5.31. The van der Waals surface area contributed by atoms with Crippen molar-refractivity contribution in [1.29, 1.82) is 0 Å². The van der Waals surface area contributed by atoms with Crippen molar-refractivity contribution in [2.24, 2.45) is 5.73 Å². The van der Waals surface area contributed by atoms with E-state index in [1.165, 1.54) is 6.42 Å². The highest BCUT2D eigenvalue weighted by molar-refractivity contribution is 5.92. The first kappa shape index (κ1) is 12.1. The Balaban J connectivity index is 2.10. The number of aromatic amines is 1. The third kappa shape index (κ3) is 2.66. The average molecular weight is 236 g/mol. The van der Waals surface area contributed by atoms with Gasteiger partial charge in [-0.05, 0) is 45.2 Å². The van der Waals surface area contributed by atoms with E-state index in [4.69, 9.17) is 5.73 Å². The molecule has 17 heavy (non-hydrogen) atoms. The maximum atomic E-state index is 12.3. The molecule has 1 saturated heterocycles. The van der Waals surface area contributed by atoms with Crippen LogP contribution in [0.15, 0.2) is 6.07 Å². The SMILES string of the molecule is Cc1cc(C(=O)N2CCCCC2CCN)n[nH]1. The zero-order valence-electron chi connectivity index (χ0n) is 10.3. The fourth-order valence-corrected chi connectivity index (χ4v) is 2.44. The molecule has 2 heterocycles. The van der Waals surface area contributed by atoms with Crippen molar-refractivity contribution in [1.82, 2.24) is 15.1 Å². The topological polar surface area (TPSA) is 75.0 Å². The lowest BCUT2D eigenvalue weighted by atomic mass is 9.99. The number of nitrogens with zero attached hydrogens (tertiary/aromatic N) is 2. The molecule has 94 valence electrons. The highest BCUT2D eigenvalue weighted by Crippen LogP contribution is 2.21. The van der Waals surface area contributed by atoms with E-state index in [-0.39, 0.29) is 5.91 Å². The van der Waals surface area contributed by atoms with Crippen LogP contribution in [0.2, 0.25) is 0 Å². The summed E-state index contributed by atoms with van der Waals surface area (Å²) in [6.07, 6.45) is 4.21. The van der Waals surface area contributed by atoms with Gasteiger partial charge in [0.25, 0.3) is 5.91 Å². The largest absolute Gasteiger partial charge is 0.334 e. The number of hydrogen-bond donors (Lipinski definition) is 2. The van der Waals surface area contributed by atoms with Gasteiger partial charge in [0.1, 0.15) is 5.69 Å². The first-order valence-electron chi connectivity index (χ1n) is 6.25. The van der Waals surface area contributed by atoms with Gasteiger partial charge in [0.2, 0.25) is 0 Å². The van der Waals surface area contributed by atoms with Crippen LogP contribution in [-0.4, -0.2) is 40.1 Å². The number of aromatic nitrogens is 2. The van der Waals surface area contributed by atoms with Crippen LogP contribution < -0.4 is 5.73 Å². The van der Waals surface area contributed by atoms with Crippen molar-refractivity contribution in [3.8, 4) is 0 Å². The Hall–Kier alpha value is -1.36. The molecule has 0 aliphatic carbocycles. The Morgan fingerprint density at radius 2 is 2.47 bits per heavy atom. The van der Waals surface area contributed by atoms with Crippen LogP contribution in [-0.2, 0) is 0 Å². The smallest absolute Gasteiger partial charge is 0.274 e. The predicted octanol–water partition coefficient (Wildman–Crippen LogP) is 1.06. The minimum atomic E-state index is 0.0347. The molecular weight excluding hydrogens is 216 g/mol. The summed E-state index contributed by atoms with van der Waals surface area (Å²) in [5.41, 5.74) is 7.04. The maximum Gasteiger partial charge on any atom is 0.274 e. The van der Waals surface area contributed by atoms with E-state index in [9.17, 15) is 4.79 Å². The number of hydrogen-bond acceptors (Lipinski definition) is 3. The van der Waals surface area contributed by atoms with Crippen molar-refractivity contribution in [2.75, 3.05) is 13.1 Å². The molecule has 3 N–H and O–H groups in total. The number of nitrogens with one attached hydrogen (secondary N) is 1. The molecule has 0 bridgehead atoms. The number of rotatable bonds is 3. The zero-order chi connectivity index (χ0) is 12.3. The van der Waals surface area contributed by atoms with Crippen LogP contribution >= 0.6 is 0 Å². The molecule has 5 heteroatoms. The number of nitrogens with two attached hydrogens (primary N) is 1. The summed E-state index contributed by atoms with van der Waals surface area (Å²) in [6, 6.07) is 2.09. The van der Waals surface area contributed by atoms with Gasteiger partial charge < -0.3 is 10.6 Å². The van der Waals surface area contributed by atoms with Gasteiger partial charge in [0.05, 0.1) is 0 Å². The second-order valence-electron chi connectivity index (χ2n) is 4.66. The summed E-state index contributed by atoms with van der Waals surface area (Å²) in [5.74, 6) is 0.0347. The standard InChI is InChI=1S/C12H20N4O/c1-9-8-11(15-14-9)12(17)16-7-3-2-4-10(16)5-6-13/h8,10H,2-7,13H2,1H3,(H,14,15).